The molecule has 1 aliphatic rings. The molecule has 1 aliphatic carbocycles. The number of carbonyl (C=O) groups is 2. The summed E-state index contributed by atoms with van der Waals surface area (Å²) in [5, 5.41) is 4.86. The first-order chi connectivity index (χ1) is 15.1. The van der Waals surface area contributed by atoms with Crippen LogP contribution in [0.4, 0.5) is 14.9 Å². The van der Waals surface area contributed by atoms with Crippen molar-refractivity contribution in [1.82, 2.24) is 9.80 Å². The molecule has 0 spiro atoms. The zero-order valence-electron chi connectivity index (χ0n) is 17.0. The number of thiophene rings is 1. The molecule has 7 heteroatoms. The zero-order valence-corrected chi connectivity index (χ0v) is 17.9. The van der Waals surface area contributed by atoms with Gasteiger partial charge in [-0.25, -0.2) is 9.18 Å². The summed E-state index contributed by atoms with van der Waals surface area (Å²) in [6.45, 7) is 0.818. The van der Waals surface area contributed by atoms with Crippen molar-refractivity contribution in [3.63, 3.8) is 0 Å². The van der Waals surface area contributed by atoms with Crippen LogP contribution in [0.1, 0.15) is 23.3 Å². The molecule has 31 heavy (non-hydrogen) atoms. The molecule has 3 amide bonds. The molecule has 1 N–H and O–H groups in total. The lowest BCUT2D eigenvalue weighted by Gasteiger charge is -2.28. The number of nitrogens with one attached hydrogen (secondary N) is 1. The molecule has 0 atom stereocenters. The van der Waals surface area contributed by atoms with Crippen LogP contribution in [0.15, 0.2) is 72.1 Å². The Hall–Kier alpha value is -3.19. The van der Waals surface area contributed by atoms with Gasteiger partial charge in [-0.1, -0.05) is 36.4 Å². The molecule has 1 fully saturated rings. The monoisotopic (exact) mass is 437 g/mol. The molecule has 5 nitrogen and oxygen atoms in total. The number of hydrogen-bond acceptors (Lipinski definition) is 3. The van der Waals surface area contributed by atoms with E-state index in [0.717, 1.165) is 23.3 Å². The first-order valence-electron chi connectivity index (χ1n) is 10.3. The fourth-order valence-corrected chi connectivity index (χ4v) is 4.07. The van der Waals surface area contributed by atoms with Crippen molar-refractivity contribution in [3.8, 4) is 0 Å². The van der Waals surface area contributed by atoms with E-state index in [-0.39, 0.29) is 30.3 Å². The van der Waals surface area contributed by atoms with Crippen LogP contribution in [-0.2, 0) is 17.9 Å². The summed E-state index contributed by atoms with van der Waals surface area (Å²) in [4.78, 5) is 30.6. The van der Waals surface area contributed by atoms with Crippen molar-refractivity contribution in [3.05, 3.63) is 88.4 Å². The van der Waals surface area contributed by atoms with Gasteiger partial charge in [-0.2, -0.15) is 0 Å². The third kappa shape index (κ3) is 5.92. The number of hydrogen-bond donors (Lipinski definition) is 1. The third-order valence-corrected chi connectivity index (χ3v) is 6.01. The fraction of sp³-hybridized carbons (Fsp3) is 0.250. The van der Waals surface area contributed by atoms with E-state index < -0.39 is 0 Å². The van der Waals surface area contributed by atoms with E-state index in [9.17, 15) is 14.0 Å². The number of carbonyl (C=O) groups excluding carboxylic acids is 2. The maximum absolute atomic E-state index is 13.3. The Balaban J connectivity index is 1.47. The molecule has 1 aromatic heterocycles. The number of halogens is 1. The normalized spacial score (nSPS) is 12.9. The van der Waals surface area contributed by atoms with E-state index in [1.807, 2.05) is 47.8 Å². The molecular weight excluding hydrogens is 413 g/mol. The molecule has 2 aromatic carbocycles. The number of para-hydroxylation sites is 1. The van der Waals surface area contributed by atoms with Crippen molar-refractivity contribution in [1.29, 1.82) is 0 Å². The number of amides is 3. The Bertz CT molecular complexity index is 1010. The average Bonchev–Trinajstić information content (AvgIpc) is 3.49. The third-order valence-electron chi connectivity index (χ3n) is 5.15. The first-order valence-corrected chi connectivity index (χ1v) is 11.1. The molecular formula is C24H24FN3O2S. The van der Waals surface area contributed by atoms with Gasteiger partial charge in [-0.3, -0.25) is 4.79 Å². The summed E-state index contributed by atoms with van der Waals surface area (Å²) < 4.78 is 13.3. The van der Waals surface area contributed by atoms with E-state index >= 15 is 0 Å². The Kier molecular flexibility index (Phi) is 6.62. The Morgan fingerprint density at radius 1 is 0.968 bits per heavy atom. The predicted octanol–water partition coefficient (Wildman–Crippen LogP) is 5.11. The smallest absolute Gasteiger partial charge is 0.322 e. The SMILES string of the molecule is O=C(CN(C(=O)Nc1ccccc1)C1CC1)N(Cc1ccc(F)cc1)Cc1cccs1. The van der Waals surface area contributed by atoms with Gasteiger partial charge in [0.2, 0.25) is 5.91 Å². The molecule has 0 bridgehead atoms. The minimum atomic E-state index is -0.308. The zero-order chi connectivity index (χ0) is 21.6. The topological polar surface area (TPSA) is 52.7 Å². The molecule has 0 radical (unpaired) electrons. The summed E-state index contributed by atoms with van der Waals surface area (Å²) >= 11 is 1.58. The van der Waals surface area contributed by atoms with Crippen LogP contribution in [0.3, 0.4) is 0 Å². The standard InChI is InChI=1S/C24H24FN3O2S/c25-19-10-8-18(9-11-19)15-27(16-22-7-4-14-31-22)23(29)17-28(21-12-13-21)24(30)26-20-5-2-1-3-6-20/h1-11,14,21H,12-13,15-17H2,(H,26,30). The van der Waals surface area contributed by atoms with Gasteiger partial charge in [0.05, 0.1) is 6.54 Å². The molecule has 3 aromatic rings. The highest BCUT2D eigenvalue weighted by molar-refractivity contribution is 7.09. The van der Waals surface area contributed by atoms with E-state index in [1.165, 1.54) is 12.1 Å². The minimum absolute atomic E-state index is 0.00982. The molecule has 160 valence electrons. The van der Waals surface area contributed by atoms with Gasteiger partial charge in [0.25, 0.3) is 0 Å². The Labute approximate surface area is 185 Å². The van der Waals surface area contributed by atoms with Crippen molar-refractivity contribution < 1.29 is 14.0 Å². The van der Waals surface area contributed by atoms with E-state index in [1.54, 1.807) is 33.3 Å². The van der Waals surface area contributed by atoms with Crippen molar-refractivity contribution in [2.45, 2.75) is 32.0 Å². The predicted molar refractivity (Wildman–Crippen MR) is 120 cm³/mol. The van der Waals surface area contributed by atoms with Crippen molar-refractivity contribution >= 4 is 29.0 Å². The molecule has 1 heterocycles. The van der Waals surface area contributed by atoms with E-state index in [2.05, 4.69) is 5.32 Å². The summed E-state index contributed by atoms with van der Waals surface area (Å²) in [5.74, 6) is -0.440. The minimum Gasteiger partial charge on any atom is -0.332 e. The van der Waals surface area contributed by atoms with Crippen LogP contribution in [0.5, 0.6) is 0 Å². The first kappa shape index (κ1) is 21.1. The number of urea groups is 1. The van der Waals surface area contributed by atoms with Crippen LogP contribution in [0, 0.1) is 5.82 Å². The van der Waals surface area contributed by atoms with Gasteiger partial charge in [0.15, 0.2) is 0 Å². The number of nitrogens with zero attached hydrogens (tertiary/aromatic N) is 2. The van der Waals surface area contributed by atoms with Crippen LogP contribution in [-0.4, -0.2) is 34.3 Å². The molecule has 0 unspecified atom stereocenters. The van der Waals surface area contributed by atoms with Crippen LogP contribution < -0.4 is 5.32 Å². The van der Waals surface area contributed by atoms with Gasteiger partial charge in [0, 0.05) is 23.2 Å². The number of rotatable bonds is 8. The second-order valence-corrected chi connectivity index (χ2v) is 8.64. The van der Waals surface area contributed by atoms with E-state index in [4.69, 9.17) is 0 Å². The Morgan fingerprint density at radius 3 is 2.35 bits per heavy atom. The highest BCUT2D eigenvalue weighted by Crippen LogP contribution is 2.28. The van der Waals surface area contributed by atoms with Crippen LogP contribution >= 0.6 is 11.3 Å². The molecule has 0 aliphatic heterocycles. The van der Waals surface area contributed by atoms with Gasteiger partial charge in [-0.15, -0.1) is 11.3 Å². The van der Waals surface area contributed by atoms with Crippen molar-refractivity contribution in [2.75, 3.05) is 11.9 Å². The lowest BCUT2D eigenvalue weighted by Crippen LogP contribution is -2.45. The highest BCUT2D eigenvalue weighted by Gasteiger charge is 2.35. The van der Waals surface area contributed by atoms with Gasteiger partial charge < -0.3 is 15.1 Å². The number of anilines is 1. The summed E-state index contributed by atoms with van der Waals surface area (Å²) in [6, 6.07) is 19.2. The lowest BCUT2D eigenvalue weighted by molar-refractivity contribution is -0.133. The quantitative estimate of drug-likeness (QED) is 0.532. The maximum Gasteiger partial charge on any atom is 0.322 e. The summed E-state index contributed by atoms with van der Waals surface area (Å²) in [6.07, 6.45) is 1.80. The largest absolute Gasteiger partial charge is 0.332 e. The summed E-state index contributed by atoms with van der Waals surface area (Å²) in [7, 11) is 0. The van der Waals surface area contributed by atoms with Crippen molar-refractivity contribution in [2.24, 2.45) is 0 Å². The molecule has 4 rings (SSSR count). The lowest BCUT2D eigenvalue weighted by atomic mass is 10.2. The summed E-state index contributed by atoms with van der Waals surface area (Å²) in [5.41, 5.74) is 1.55. The van der Waals surface area contributed by atoms with Gasteiger partial charge in [-0.05, 0) is 54.1 Å². The number of benzene rings is 2. The van der Waals surface area contributed by atoms with Gasteiger partial charge in [0.1, 0.15) is 12.4 Å². The van der Waals surface area contributed by atoms with Gasteiger partial charge >= 0.3 is 6.03 Å². The van der Waals surface area contributed by atoms with Crippen LogP contribution in [0.2, 0.25) is 0 Å². The second kappa shape index (κ2) is 9.75. The second-order valence-electron chi connectivity index (χ2n) is 7.61. The highest BCUT2D eigenvalue weighted by atomic mass is 32.1. The molecule has 0 saturated heterocycles. The molecule has 1 saturated carbocycles. The van der Waals surface area contributed by atoms with E-state index in [0.29, 0.717) is 18.8 Å². The maximum atomic E-state index is 13.3. The Morgan fingerprint density at radius 2 is 1.71 bits per heavy atom. The fourth-order valence-electron chi connectivity index (χ4n) is 3.35. The van der Waals surface area contributed by atoms with Crippen LogP contribution in [0.25, 0.3) is 0 Å². The average molecular weight is 438 g/mol.